The Morgan fingerprint density at radius 1 is 1.45 bits per heavy atom. The number of nitrogens with one attached hydrogen (secondary N) is 1. The molecule has 0 aliphatic heterocycles. The third kappa shape index (κ3) is 4.61. The molecule has 1 aromatic heterocycles. The van der Waals surface area contributed by atoms with Crippen LogP contribution < -0.4 is 11.2 Å². The first-order chi connectivity index (χ1) is 10.1. The topological polar surface area (TPSA) is 179 Å². The van der Waals surface area contributed by atoms with Crippen molar-refractivity contribution < 1.29 is 34.1 Å². The average Bonchev–Trinajstić information content (AvgIpc) is 2.38. The summed E-state index contributed by atoms with van der Waals surface area (Å²) in [5, 5.41) is 17.9. The molecule has 0 aromatic carbocycles. The largest absolute Gasteiger partial charge is 0.479 e. The van der Waals surface area contributed by atoms with Gasteiger partial charge in [0.15, 0.2) is 0 Å². The molecule has 2 unspecified atom stereocenters. The normalized spacial score (nSPS) is 14.5. The van der Waals surface area contributed by atoms with Gasteiger partial charge in [0.25, 0.3) is 11.4 Å². The van der Waals surface area contributed by atoms with E-state index in [9.17, 15) is 18.9 Å². The molecular weight excluding hydrogens is 323 g/mol. The number of aryl methyl sites for hydroxylation is 1. The Morgan fingerprint density at radius 3 is 2.50 bits per heavy atom. The number of aromatic nitrogens is 2. The number of ether oxygens (including phenoxy) is 1. The number of hydrogen-bond acceptors (Lipinski definition) is 6. The van der Waals surface area contributed by atoms with E-state index in [4.69, 9.17) is 24.7 Å². The number of carbonyl (C=O) groups is 1. The van der Waals surface area contributed by atoms with E-state index in [1.165, 1.54) is 6.92 Å². The molecule has 0 saturated heterocycles. The fourth-order valence-corrected chi connectivity index (χ4v) is 2.20. The van der Waals surface area contributed by atoms with E-state index >= 15 is 0 Å². The lowest BCUT2D eigenvalue weighted by molar-refractivity contribution is -0.150. The maximum Gasteiger partial charge on any atom is 0.365 e. The van der Waals surface area contributed by atoms with Crippen molar-refractivity contribution in [1.82, 2.24) is 9.55 Å². The Morgan fingerprint density at radius 2 is 2.05 bits per heavy atom. The summed E-state index contributed by atoms with van der Waals surface area (Å²) < 4.78 is 16.7. The lowest BCUT2D eigenvalue weighted by Gasteiger charge is -2.22. The van der Waals surface area contributed by atoms with E-state index in [1.807, 2.05) is 4.98 Å². The minimum atomic E-state index is -5.11. The van der Waals surface area contributed by atoms with E-state index in [-0.39, 0.29) is 5.56 Å². The summed E-state index contributed by atoms with van der Waals surface area (Å²) in [4.78, 5) is 53.4. The third-order valence-electron chi connectivity index (χ3n) is 2.63. The molecule has 0 aliphatic rings. The van der Waals surface area contributed by atoms with Crippen molar-refractivity contribution >= 4 is 13.6 Å². The molecule has 0 radical (unpaired) electrons. The summed E-state index contributed by atoms with van der Waals surface area (Å²) in [6.07, 6.45) is -0.225. The summed E-state index contributed by atoms with van der Waals surface area (Å²) in [7, 11) is -5.11. The molecule has 0 amide bonds. The lowest BCUT2D eigenvalue weighted by Crippen LogP contribution is -2.38. The second-order valence-electron chi connectivity index (χ2n) is 4.44. The maximum absolute atomic E-state index is 11.6. The van der Waals surface area contributed by atoms with Gasteiger partial charge >= 0.3 is 19.3 Å². The second kappa shape index (κ2) is 6.99. The van der Waals surface area contributed by atoms with Gasteiger partial charge in [0.05, 0.1) is 13.2 Å². The van der Waals surface area contributed by atoms with Crippen LogP contribution in [0.25, 0.3) is 0 Å². The molecule has 1 rings (SSSR count). The molecule has 1 aromatic rings. The van der Waals surface area contributed by atoms with E-state index in [0.717, 1.165) is 10.8 Å². The molecule has 22 heavy (non-hydrogen) atoms. The Hall–Kier alpha value is -1.78. The van der Waals surface area contributed by atoms with Gasteiger partial charge in [-0.2, -0.15) is 0 Å². The van der Waals surface area contributed by atoms with Gasteiger partial charge in [-0.05, 0) is 6.92 Å². The summed E-state index contributed by atoms with van der Waals surface area (Å²) >= 11 is 0. The van der Waals surface area contributed by atoms with Gasteiger partial charge in [-0.3, -0.25) is 18.9 Å². The zero-order valence-corrected chi connectivity index (χ0v) is 12.3. The summed E-state index contributed by atoms with van der Waals surface area (Å²) in [5.74, 6) is -4.37. The van der Waals surface area contributed by atoms with Crippen molar-refractivity contribution in [3.63, 3.8) is 0 Å². The number of aliphatic carboxylic acids is 1. The number of carboxylic acids is 1. The average molecular weight is 338 g/mol. The van der Waals surface area contributed by atoms with E-state index in [0.29, 0.717) is 0 Å². The fraction of sp³-hybridized carbons (Fsp3) is 0.500. The molecule has 124 valence electrons. The Labute approximate surface area is 123 Å². The predicted octanol–water partition coefficient (Wildman–Crippen LogP) is -2.19. The van der Waals surface area contributed by atoms with Crippen molar-refractivity contribution in [2.75, 3.05) is 6.61 Å². The summed E-state index contributed by atoms with van der Waals surface area (Å²) in [6.45, 7) is 0.213. The fourth-order valence-electron chi connectivity index (χ4n) is 1.58. The first-order valence-corrected chi connectivity index (χ1v) is 7.59. The molecule has 0 saturated carbocycles. The second-order valence-corrected chi connectivity index (χ2v) is 6.09. The van der Waals surface area contributed by atoms with Crippen LogP contribution in [0.1, 0.15) is 5.56 Å². The summed E-state index contributed by atoms with van der Waals surface area (Å²) in [6, 6.07) is 0. The minimum absolute atomic E-state index is 0.182. The van der Waals surface area contributed by atoms with Crippen molar-refractivity contribution in [3.05, 3.63) is 32.6 Å². The van der Waals surface area contributed by atoms with Crippen LogP contribution in [0.2, 0.25) is 0 Å². The molecule has 1 heterocycles. The van der Waals surface area contributed by atoms with Gasteiger partial charge in [-0.25, -0.2) is 9.59 Å². The SMILES string of the molecule is Cc1cn(CC(CO)OC(C(=O)O)P(=O)(O)O)c(=O)[nH]c1=O. The number of aromatic amines is 1. The number of carboxylic acid groups (broad SMARTS) is 1. The molecule has 5 N–H and O–H groups in total. The number of rotatable bonds is 7. The first-order valence-electron chi connectivity index (χ1n) is 5.91. The molecule has 2 atom stereocenters. The molecule has 0 aliphatic carbocycles. The van der Waals surface area contributed by atoms with Gasteiger partial charge in [0.2, 0.25) is 0 Å². The molecule has 0 bridgehead atoms. The van der Waals surface area contributed by atoms with Crippen molar-refractivity contribution in [2.45, 2.75) is 25.4 Å². The molecule has 11 nitrogen and oxygen atoms in total. The van der Waals surface area contributed by atoms with Gasteiger partial charge < -0.3 is 24.7 Å². The van der Waals surface area contributed by atoms with Crippen LogP contribution in [0.3, 0.4) is 0 Å². The number of aliphatic hydroxyl groups excluding tert-OH is 1. The van der Waals surface area contributed by atoms with Crippen LogP contribution in [0.5, 0.6) is 0 Å². The number of hydrogen-bond donors (Lipinski definition) is 5. The van der Waals surface area contributed by atoms with Gasteiger partial charge in [0.1, 0.15) is 6.10 Å². The van der Waals surface area contributed by atoms with Crippen molar-refractivity contribution in [1.29, 1.82) is 0 Å². The lowest BCUT2D eigenvalue weighted by atomic mass is 10.3. The quantitative estimate of drug-likeness (QED) is 0.345. The highest BCUT2D eigenvalue weighted by molar-refractivity contribution is 7.53. The monoisotopic (exact) mass is 338 g/mol. The van der Waals surface area contributed by atoms with Crippen LogP contribution in [-0.2, 0) is 20.6 Å². The highest BCUT2D eigenvalue weighted by Crippen LogP contribution is 2.42. The molecule has 12 heteroatoms. The zero-order chi connectivity index (χ0) is 17.1. The number of aliphatic hydroxyl groups is 1. The van der Waals surface area contributed by atoms with Gasteiger partial charge in [-0.1, -0.05) is 0 Å². The Bertz CT molecular complexity index is 703. The van der Waals surface area contributed by atoms with Crippen LogP contribution in [0.4, 0.5) is 0 Å². The van der Waals surface area contributed by atoms with Crippen molar-refractivity contribution in [2.24, 2.45) is 0 Å². The van der Waals surface area contributed by atoms with E-state index in [1.54, 1.807) is 0 Å². The zero-order valence-electron chi connectivity index (χ0n) is 11.4. The maximum atomic E-state index is 11.6. The van der Waals surface area contributed by atoms with E-state index < -0.39 is 49.9 Å². The summed E-state index contributed by atoms with van der Waals surface area (Å²) in [5.41, 5.74) is -1.26. The van der Waals surface area contributed by atoms with Gasteiger partial charge in [0, 0.05) is 11.8 Å². The minimum Gasteiger partial charge on any atom is -0.479 e. The van der Waals surface area contributed by atoms with Crippen LogP contribution in [0, 0.1) is 6.92 Å². The van der Waals surface area contributed by atoms with Crippen LogP contribution in [0.15, 0.2) is 15.8 Å². The molecular formula is C10H15N2O9P. The Balaban J connectivity index is 3.01. The van der Waals surface area contributed by atoms with E-state index in [2.05, 4.69) is 0 Å². The number of nitrogens with zero attached hydrogens (tertiary/aromatic N) is 1. The van der Waals surface area contributed by atoms with Crippen molar-refractivity contribution in [3.8, 4) is 0 Å². The number of H-pyrrole nitrogens is 1. The van der Waals surface area contributed by atoms with Crippen LogP contribution in [-0.4, -0.2) is 54.1 Å². The smallest absolute Gasteiger partial charge is 0.365 e. The first kappa shape index (κ1) is 18.3. The third-order valence-corrected chi connectivity index (χ3v) is 3.58. The van der Waals surface area contributed by atoms with Crippen LogP contribution >= 0.6 is 7.60 Å². The molecule has 0 spiro atoms. The highest BCUT2D eigenvalue weighted by Gasteiger charge is 2.39. The standard InChI is InChI=1S/C10H15N2O9P/c1-5-2-12(10(17)11-7(5)14)3-6(4-13)21-9(8(15)16)22(18,19)20/h2,6,9,13H,3-4H2,1H3,(H,15,16)(H,11,14,17)(H2,18,19,20). The predicted molar refractivity (Wildman–Crippen MR) is 71.5 cm³/mol. The highest BCUT2D eigenvalue weighted by atomic mass is 31.2. The Kier molecular flexibility index (Phi) is 5.80. The van der Waals surface area contributed by atoms with Gasteiger partial charge in [-0.15, -0.1) is 0 Å². The molecule has 0 fully saturated rings.